The van der Waals surface area contributed by atoms with E-state index in [1.54, 1.807) is 0 Å². The van der Waals surface area contributed by atoms with E-state index in [0.29, 0.717) is 0 Å². The number of hydrogen-bond acceptors (Lipinski definition) is 2. The van der Waals surface area contributed by atoms with Crippen molar-refractivity contribution in [2.45, 2.75) is 0 Å². The van der Waals surface area contributed by atoms with Crippen molar-refractivity contribution < 1.29 is 0 Å². The molecule has 0 amide bonds. The Morgan fingerprint density at radius 3 is 1.74 bits per heavy atom. The molecule has 0 aliphatic heterocycles. The van der Waals surface area contributed by atoms with Crippen LogP contribution in [0.4, 0.5) is 0 Å². The molecule has 3 heteroatoms. The lowest BCUT2D eigenvalue weighted by molar-refractivity contribution is 1.36. The zero-order valence-electron chi connectivity index (χ0n) is 14.4. The molecule has 0 saturated carbocycles. The standard InChI is InChI=1S/C24H15BrN2/c25-20-15-18-11-13-21(16-7-3-1-4-8-16)26-23(18)24-19(20)12-14-22(27-24)17-9-5-2-6-10-17/h1-15H. The molecule has 0 aliphatic rings. The third kappa shape index (κ3) is 2.90. The van der Waals surface area contributed by atoms with Crippen LogP contribution >= 0.6 is 15.9 Å². The molecule has 0 aliphatic carbocycles. The van der Waals surface area contributed by atoms with Crippen LogP contribution in [0.15, 0.2) is 95.5 Å². The van der Waals surface area contributed by atoms with Crippen LogP contribution in [0.25, 0.3) is 44.3 Å². The van der Waals surface area contributed by atoms with Gasteiger partial charge in [-0.1, -0.05) is 82.7 Å². The van der Waals surface area contributed by atoms with E-state index in [1.807, 2.05) is 36.4 Å². The zero-order chi connectivity index (χ0) is 18.2. The summed E-state index contributed by atoms with van der Waals surface area (Å²) < 4.78 is 1.03. The summed E-state index contributed by atoms with van der Waals surface area (Å²) in [7, 11) is 0. The predicted octanol–water partition coefficient (Wildman–Crippen LogP) is 6.88. The summed E-state index contributed by atoms with van der Waals surface area (Å²) in [6, 6.07) is 31.0. The minimum absolute atomic E-state index is 0.915. The highest BCUT2D eigenvalue weighted by atomic mass is 79.9. The molecule has 0 bridgehead atoms. The van der Waals surface area contributed by atoms with E-state index in [9.17, 15) is 0 Å². The molecule has 0 saturated heterocycles. The Morgan fingerprint density at radius 1 is 0.556 bits per heavy atom. The normalized spacial score (nSPS) is 11.1. The van der Waals surface area contributed by atoms with Gasteiger partial charge in [-0.25, -0.2) is 9.97 Å². The van der Waals surface area contributed by atoms with Gasteiger partial charge in [0.05, 0.1) is 22.4 Å². The van der Waals surface area contributed by atoms with Crippen molar-refractivity contribution in [2.24, 2.45) is 0 Å². The highest BCUT2D eigenvalue weighted by Gasteiger charge is 2.11. The maximum atomic E-state index is 4.98. The molecule has 3 aromatic carbocycles. The summed E-state index contributed by atoms with van der Waals surface area (Å²) >= 11 is 3.69. The summed E-state index contributed by atoms with van der Waals surface area (Å²) in [5.41, 5.74) is 5.96. The van der Waals surface area contributed by atoms with Crippen LogP contribution < -0.4 is 0 Å². The lowest BCUT2D eigenvalue weighted by Gasteiger charge is -2.09. The third-order valence-corrected chi connectivity index (χ3v) is 5.38. The quantitative estimate of drug-likeness (QED) is 0.296. The van der Waals surface area contributed by atoms with Crippen molar-refractivity contribution in [3.05, 3.63) is 95.5 Å². The zero-order valence-corrected chi connectivity index (χ0v) is 16.0. The maximum absolute atomic E-state index is 4.98. The van der Waals surface area contributed by atoms with Crippen molar-refractivity contribution in [2.75, 3.05) is 0 Å². The van der Waals surface area contributed by atoms with E-state index in [1.165, 1.54) is 0 Å². The van der Waals surface area contributed by atoms with Crippen LogP contribution in [0.1, 0.15) is 0 Å². The second-order valence-corrected chi connectivity index (χ2v) is 7.31. The van der Waals surface area contributed by atoms with Gasteiger partial charge >= 0.3 is 0 Å². The van der Waals surface area contributed by atoms with E-state index >= 15 is 0 Å². The predicted molar refractivity (Wildman–Crippen MR) is 116 cm³/mol. The third-order valence-electron chi connectivity index (χ3n) is 4.72. The Kier molecular flexibility index (Phi) is 3.95. The topological polar surface area (TPSA) is 25.8 Å². The van der Waals surface area contributed by atoms with Crippen LogP contribution in [0.3, 0.4) is 0 Å². The average Bonchev–Trinajstić information content (AvgIpc) is 2.75. The van der Waals surface area contributed by atoms with Crippen molar-refractivity contribution in [1.29, 1.82) is 0 Å². The van der Waals surface area contributed by atoms with E-state index in [4.69, 9.17) is 9.97 Å². The van der Waals surface area contributed by atoms with Gasteiger partial charge in [-0.2, -0.15) is 0 Å². The molecule has 0 radical (unpaired) electrons. The Balaban J connectivity index is 1.80. The van der Waals surface area contributed by atoms with Crippen LogP contribution in [-0.4, -0.2) is 9.97 Å². The molecule has 27 heavy (non-hydrogen) atoms. The van der Waals surface area contributed by atoms with Gasteiger partial charge in [-0.05, 0) is 24.3 Å². The molecular weight excluding hydrogens is 396 g/mol. The lowest BCUT2D eigenvalue weighted by Crippen LogP contribution is -1.91. The fourth-order valence-corrected chi connectivity index (χ4v) is 3.93. The number of hydrogen-bond donors (Lipinski definition) is 0. The molecule has 0 spiro atoms. The van der Waals surface area contributed by atoms with E-state index in [0.717, 1.165) is 48.8 Å². The van der Waals surface area contributed by atoms with Crippen LogP contribution in [0, 0.1) is 0 Å². The molecule has 5 aromatic rings. The number of benzene rings is 3. The van der Waals surface area contributed by atoms with Crippen LogP contribution in [0.2, 0.25) is 0 Å². The molecule has 0 N–H and O–H groups in total. The average molecular weight is 411 g/mol. The van der Waals surface area contributed by atoms with Gasteiger partial charge in [0, 0.05) is 26.4 Å². The summed E-state index contributed by atoms with van der Waals surface area (Å²) in [5.74, 6) is 0. The fourth-order valence-electron chi connectivity index (χ4n) is 3.36. The molecular formula is C24H15BrN2. The Bertz CT molecular complexity index is 1270. The first-order valence-corrected chi connectivity index (χ1v) is 9.60. The Labute approximate surface area is 165 Å². The lowest BCUT2D eigenvalue weighted by atomic mass is 10.1. The van der Waals surface area contributed by atoms with Crippen molar-refractivity contribution in [3.8, 4) is 22.5 Å². The van der Waals surface area contributed by atoms with Crippen molar-refractivity contribution >= 4 is 37.7 Å². The van der Waals surface area contributed by atoms with Crippen LogP contribution in [-0.2, 0) is 0 Å². The summed E-state index contributed by atoms with van der Waals surface area (Å²) in [6.07, 6.45) is 0. The number of aromatic nitrogens is 2. The second-order valence-electron chi connectivity index (χ2n) is 6.45. The first-order valence-electron chi connectivity index (χ1n) is 8.80. The number of halogens is 1. The summed E-state index contributed by atoms with van der Waals surface area (Å²) in [4.78, 5) is 9.94. The molecule has 2 heterocycles. The van der Waals surface area contributed by atoms with Gasteiger partial charge in [0.1, 0.15) is 0 Å². The van der Waals surface area contributed by atoms with Crippen molar-refractivity contribution in [3.63, 3.8) is 0 Å². The van der Waals surface area contributed by atoms with Gasteiger partial charge in [0.2, 0.25) is 0 Å². The minimum Gasteiger partial charge on any atom is -0.245 e. The van der Waals surface area contributed by atoms with E-state index in [2.05, 4.69) is 70.5 Å². The first kappa shape index (κ1) is 16.2. The minimum atomic E-state index is 0.915. The monoisotopic (exact) mass is 410 g/mol. The molecule has 0 atom stereocenters. The first-order chi connectivity index (χ1) is 13.3. The van der Waals surface area contributed by atoms with Gasteiger partial charge < -0.3 is 0 Å². The summed E-state index contributed by atoms with van der Waals surface area (Å²) in [6.45, 7) is 0. The van der Waals surface area contributed by atoms with Gasteiger partial charge in [-0.15, -0.1) is 0 Å². The van der Waals surface area contributed by atoms with Gasteiger partial charge in [0.15, 0.2) is 0 Å². The maximum Gasteiger partial charge on any atom is 0.0983 e. The highest BCUT2D eigenvalue weighted by Crippen LogP contribution is 2.33. The molecule has 0 fully saturated rings. The number of rotatable bonds is 2. The van der Waals surface area contributed by atoms with E-state index < -0.39 is 0 Å². The van der Waals surface area contributed by atoms with E-state index in [-0.39, 0.29) is 0 Å². The van der Waals surface area contributed by atoms with Gasteiger partial charge in [-0.3, -0.25) is 0 Å². The van der Waals surface area contributed by atoms with Crippen molar-refractivity contribution in [1.82, 2.24) is 9.97 Å². The number of pyridine rings is 2. The van der Waals surface area contributed by atoms with Gasteiger partial charge in [0.25, 0.3) is 0 Å². The Hall–Kier alpha value is -3.04. The second kappa shape index (κ2) is 6.60. The molecule has 2 aromatic heterocycles. The number of nitrogens with zero attached hydrogens (tertiary/aromatic N) is 2. The molecule has 0 unspecified atom stereocenters. The fraction of sp³-hybridized carbons (Fsp3) is 0. The largest absolute Gasteiger partial charge is 0.245 e. The highest BCUT2D eigenvalue weighted by molar-refractivity contribution is 9.10. The molecule has 2 nitrogen and oxygen atoms in total. The number of fused-ring (bicyclic) bond motifs is 3. The Morgan fingerprint density at radius 2 is 1.11 bits per heavy atom. The SMILES string of the molecule is Brc1cc2ccc(-c3ccccc3)nc2c2nc(-c3ccccc3)ccc12. The van der Waals surface area contributed by atoms with Crippen LogP contribution in [0.5, 0.6) is 0 Å². The smallest absolute Gasteiger partial charge is 0.0983 e. The molecule has 5 rings (SSSR count). The summed E-state index contributed by atoms with van der Waals surface area (Å²) in [5, 5.41) is 2.15. The molecule has 128 valence electrons.